The lowest BCUT2D eigenvalue weighted by molar-refractivity contribution is -0.141. The van der Waals surface area contributed by atoms with E-state index < -0.39 is 17.5 Å². The van der Waals surface area contributed by atoms with E-state index in [9.17, 15) is 18.3 Å². The average molecular weight is 415 g/mol. The molecule has 3 aromatic rings. The topological polar surface area (TPSA) is 75.9 Å². The van der Waals surface area contributed by atoms with Crippen LogP contribution < -0.4 is 5.32 Å². The van der Waals surface area contributed by atoms with E-state index in [2.05, 4.69) is 20.3 Å². The molecule has 0 saturated heterocycles. The summed E-state index contributed by atoms with van der Waals surface area (Å²) in [5.74, 6) is 0.420. The smallest absolute Gasteiger partial charge is 0.383 e. The Hall–Kier alpha value is -2.94. The van der Waals surface area contributed by atoms with Gasteiger partial charge in [0.2, 0.25) is 5.95 Å². The van der Waals surface area contributed by atoms with Gasteiger partial charge in [-0.1, -0.05) is 6.07 Å². The number of nitrogens with one attached hydrogen (secondary N) is 1. The zero-order valence-corrected chi connectivity index (χ0v) is 16.0. The van der Waals surface area contributed by atoms with Crippen LogP contribution in [0.15, 0.2) is 49.1 Å². The van der Waals surface area contributed by atoms with Crippen LogP contribution in [0.1, 0.15) is 37.1 Å². The number of halogens is 3. The molecule has 2 aliphatic rings. The zero-order valence-electron chi connectivity index (χ0n) is 16.0. The van der Waals surface area contributed by atoms with Gasteiger partial charge in [0.15, 0.2) is 0 Å². The number of rotatable bonds is 6. The Kier molecular flexibility index (Phi) is 4.32. The van der Waals surface area contributed by atoms with E-state index in [1.807, 2.05) is 16.8 Å². The third-order valence-electron chi connectivity index (χ3n) is 5.74. The summed E-state index contributed by atoms with van der Waals surface area (Å²) in [5.41, 5.74) is 0.135. The van der Waals surface area contributed by atoms with Crippen molar-refractivity contribution in [3.05, 3.63) is 60.4 Å². The molecule has 2 N–H and O–H groups in total. The first-order chi connectivity index (χ1) is 14.3. The average Bonchev–Trinajstić information content (AvgIpc) is 3.64. The third kappa shape index (κ3) is 3.54. The van der Waals surface area contributed by atoms with Gasteiger partial charge in [-0.05, 0) is 61.8 Å². The van der Waals surface area contributed by atoms with Crippen LogP contribution in [-0.4, -0.2) is 24.6 Å². The van der Waals surface area contributed by atoms with Crippen LogP contribution in [0.4, 0.5) is 24.8 Å². The minimum atomic E-state index is -4.53. The van der Waals surface area contributed by atoms with Gasteiger partial charge in [0.1, 0.15) is 11.3 Å². The van der Waals surface area contributed by atoms with Crippen molar-refractivity contribution in [1.82, 2.24) is 19.5 Å². The van der Waals surface area contributed by atoms with Crippen LogP contribution in [-0.2, 0) is 11.8 Å². The maximum Gasteiger partial charge on any atom is 0.433 e. The fourth-order valence-electron chi connectivity index (χ4n) is 3.92. The standard InChI is InChI=1S/C21H20F3N5O/c22-21(23,24)17-8-9-25-19(28-17)27-15-2-1-3-16(10-15)29-11-18(26-12-29)20(30,13-4-5-13)14-6-7-14/h1-3,8-14,30H,4-7H2,(H,25,27,28). The summed E-state index contributed by atoms with van der Waals surface area (Å²) in [6.07, 6.45) is 4.13. The molecule has 0 unspecified atom stereocenters. The lowest BCUT2D eigenvalue weighted by atomic mass is 9.89. The largest absolute Gasteiger partial charge is 0.433 e. The van der Waals surface area contributed by atoms with Gasteiger partial charge in [-0.2, -0.15) is 13.2 Å². The molecule has 30 heavy (non-hydrogen) atoms. The first-order valence-electron chi connectivity index (χ1n) is 9.88. The van der Waals surface area contributed by atoms with Gasteiger partial charge in [0.25, 0.3) is 0 Å². The monoisotopic (exact) mass is 415 g/mol. The van der Waals surface area contributed by atoms with E-state index in [-0.39, 0.29) is 17.8 Å². The molecule has 0 bridgehead atoms. The Morgan fingerprint density at radius 1 is 1.00 bits per heavy atom. The molecule has 6 nitrogen and oxygen atoms in total. The summed E-state index contributed by atoms with van der Waals surface area (Å²) in [7, 11) is 0. The first-order valence-corrected chi connectivity index (χ1v) is 9.88. The summed E-state index contributed by atoms with van der Waals surface area (Å²) >= 11 is 0. The molecular weight excluding hydrogens is 395 g/mol. The molecule has 2 aromatic heterocycles. The highest BCUT2D eigenvalue weighted by Gasteiger charge is 2.55. The fourth-order valence-corrected chi connectivity index (χ4v) is 3.92. The van der Waals surface area contributed by atoms with Crippen LogP contribution in [0.5, 0.6) is 0 Å². The van der Waals surface area contributed by atoms with Crippen LogP contribution in [0.3, 0.4) is 0 Å². The van der Waals surface area contributed by atoms with Gasteiger partial charge in [-0.3, -0.25) is 0 Å². The van der Waals surface area contributed by atoms with Crippen LogP contribution in [0, 0.1) is 11.8 Å². The third-order valence-corrected chi connectivity index (χ3v) is 5.74. The van der Waals surface area contributed by atoms with E-state index in [1.54, 1.807) is 24.5 Å². The lowest BCUT2D eigenvalue weighted by Crippen LogP contribution is -2.31. The molecular formula is C21H20F3N5O. The molecule has 0 radical (unpaired) electrons. The summed E-state index contributed by atoms with van der Waals surface area (Å²) in [6, 6.07) is 7.95. The molecule has 9 heteroatoms. The molecule has 0 amide bonds. The fraction of sp³-hybridized carbons (Fsp3) is 0.381. The predicted octanol–water partition coefficient (Wildman–Crippen LogP) is 4.43. The number of hydrogen-bond acceptors (Lipinski definition) is 5. The van der Waals surface area contributed by atoms with Gasteiger partial charge >= 0.3 is 6.18 Å². The normalized spacial score (nSPS) is 17.2. The SMILES string of the molecule is OC(c1cn(-c2cccc(Nc3nccc(C(F)(F)F)n3)c2)cn1)(C1CC1)C1CC1. The van der Waals surface area contributed by atoms with Crippen molar-refractivity contribution in [2.75, 3.05) is 5.32 Å². The number of benzene rings is 1. The minimum absolute atomic E-state index is 0.134. The zero-order chi connectivity index (χ0) is 20.9. The Bertz CT molecular complexity index is 1060. The maximum atomic E-state index is 12.9. The molecule has 0 aliphatic heterocycles. The predicted molar refractivity (Wildman–Crippen MR) is 103 cm³/mol. The molecule has 2 saturated carbocycles. The van der Waals surface area contributed by atoms with Crippen molar-refractivity contribution < 1.29 is 18.3 Å². The maximum absolute atomic E-state index is 12.9. The van der Waals surface area contributed by atoms with Gasteiger partial charge in [-0.15, -0.1) is 0 Å². The molecule has 0 spiro atoms. The Balaban J connectivity index is 1.39. The summed E-state index contributed by atoms with van der Waals surface area (Å²) in [4.78, 5) is 11.9. The Morgan fingerprint density at radius 2 is 1.73 bits per heavy atom. The van der Waals surface area contributed by atoms with Crippen molar-refractivity contribution >= 4 is 11.6 Å². The second kappa shape index (κ2) is 6.80. The molecule has 2 aliphatic carbocycles. The summed E-state index contributed by atoms with van der Waals surface area (Å²) in [5, 5.41) is 14.1. The lowest BCUT2D eigenvalue weighted by Gasteiger charge is -2.26. The number of imidazole rings is 1. The van der Waals surface area contributed by atoms with E-state index in [0.717, 1.165) is 43.6 Å². The van der Waals surface area contributed by atoms with E-state index in [1.165, 1.54) is 0 Å². The van der Waals surface area contributed by atoms with Crippen molar-refractivity contribution in [3.8, 4) is 5.69 Å². The van der Waals surface area contributed by atoms with Crippen LogP contribution >= 0.6 is 0 Å². The molecule has 156 valence electrons. The van der Waals surface area contributed by atoms with E-state index in [4.69, 9.17) is 0 Å². The molecule has 1 aromatic carbocycles. The van der Waals surface area contributed by atoms with Gasteiger partial charge < -0.3 is 15.0 Å². The van der Waals surface area contributed by atoms with Crippen LogP contribution in [0.25, 0.3) is 5.69 Å². The highest BCUT2D eigenvalue weighted by atomic mass is 19.4. The molecule has 5 rings (SSSR count). The van der Waals surface area contributed by atoms with E-state index in [0.29, 0.717) is 11.4 Å². The second-order valence-corrected chi connectivity index (χ2v) is 7.98. The van der Waals surface area contributed by atoms with Crippen LogP contribution in [0.2, 0.25) is 0 Å². The van der Waals surface area contributed by atoms with Crippen molar-refractivity contribution in [2.24, 2.45) is 11.8 Å². The number of anilines is 2. The highest BCUT2D eigenvalue weighted by molar-refractivity contribution is 5.57. The number of aromatic nitrogens is 4. The Morgan fingerprint density at radius 3 is 2.40 bits per heavy atom. The molecule has 0 atom stereocenters. The van der Waals surface area contributed by atoms with Gasteiger partial charge in [-0.25, -0.2) is 15.0 Å². The highest BCUT2D eigenvalue weighted by Crippen LogP contribution is 2.57. The van der Waals surface area contributed by atoms with E-state index >= 15 is 0 Å². The number of nitrogens with zero attached hydrogens (tertiary/aromatic N) is 4. The van der Waals surface area contributed by atoms with Crippen molar-refractivity contribution in [1.29, 1.82) is 0 Å². The first kappa shape index (κ1) is 19.0. The summed E-state index contributed by atoms with van der Waals surface area (Å²) in [6.45, 7) is 0. The Labute approximate surface area is 170 Å². The number of aliphatic hydroxyl groups is 1. The molecule has 2 fully saturated rings. The number of hydrogen-bond donors (Lipinski definition) is 2. The second-order valence-electron chi connectivity index (χ2n) is 7.98. The summed E-state index contributed by atoms with van der Waals surface area (Å²) < 4.78 is 40.4. The quantitative estimate of drug-likeness (QED) is 0.623. The number of alkyl halides is 3. The van der Waals surface area contributed by atoms with Gasteiger partial charge in [0, 0.05) is 23.8 Å². The molecule has 2 heterocycles. The van der Waals surface area contributed by atoms with Gasteiger partial charge in [0.05, 0.1) is 12.0 Å². The minimum Gasteiger partial charge on any atom is -0.383 e. The van der Waals surface area contributed by atoms with Crippen molar-refractivity contribution in [2.45, 2.75) is 37.5 Å². The van der Waals surface area contributed by atoms with Crippen molar-refractivity contribution in [3.63, 3.8) is 0 Å².